The summed E-state index contributed by atoms with van der Waals surface area (Å²) in [5, 5.41) is 7.91. The van der Waals surface area contributed by atoms with E-state index in [0.717, 1.165) is 65.7 Å². The number of fused-ring (bicyclic) bond motifs is 4. The van der Waals surface area contributed by atoms with Gasteiger partial charge in [-0.15, -0.1) is 0 Å². The van der Waals surface area contributed by atoms with Crippen molar-refractivity contribution in [1.29, 1.82) is 0 Å². The molecule has 5 heteroatoms. The summed E-state index contributed by atoms with van der Waals surface area (Å²) in [7, 11) is 0. The zero-order chi connectivity index (χ0) is 20.0. The molecule has 0 radical (unpaired) electrons. The molecule has 1 saturated carbocycles. The fourth-order valence-electron chi connectivity index (χ4n) is 5.69. The van der Waals surface area contributed by atoms with Gasteiger partial charge in [-0.05, 0) is 61.8 Å². The van der Waals surface area contributed by atoms with Crippen LogP contribution in [0.2, 0.25) is 5.02 Å². The van der Waals surface area contributed by atoms with Gasteiger partial charge in [0.1, 0.15) is 0 Å². The summed E-state index contributed by atoms with van der Waals surface area (Å²) in [5.74, 6) is 2.73. The molecule has 0 bridgehead atoms. The Labute approximate surface area is 179 Å². The molecule has 0 spiro atoms. The molecule has 0 aromatic heterocycles. The number of nitrogens with zero attached hydrogens (tertiary/aromatic N) is 4. The molecule has 5 rings (SSSR count). The van der Waals surface area contributed by atoms with Gasteiger partial charge in [0, 0.05) is 35.8 Å². The zero-order valence-corrected chi connectivity index (χ0v) is 18.4. The van der Waals surface area contributed by atoms with Crippen LogP contribution in [0.25, 0.3) is 5.70 Å². The minimum atomic E-state index is 0.761. The summed E-state index contributed by atoms with van der Waals surface area (Å²) < 4.78 is 0. The summed E-state index contributed by atoms with van der Waals surface area (Å²) in [6.45, 7) is 6.57. The Kier molecular flexibility index (Phi) is 5.15. The summed E-state index contributed by atoms with van der Waals surface area (Å²) in [5.41, 5.74) is 5.96. The molecular formula is C24H31ClN4. The molecule has 2 fully saturated rings. The molecule has 1 aromatic carbocycles. The predicted octanol–water partition coefficient (Wildman–Crippen LogP) is 6.45. The predicted molar refractivity (Wildman–Crippen MR) is 122 cm³/mol. The number of guanidine groups is 1. The molecule has 154 valence electrons. The van der Waals surface area contributed by atoms with E-state index in [4.69, 9.17) is 21.7 Å². The number of aliphatic imine (C=N–C) groups is 1. The van der Waals surface area contributed by atoms with E-state index in [0.29, 0.717) is 0 Å². The highest BCUT2D eigenvalue weighted by atomic mass is 35.5. The average molecular weight is 411 g/mol. The van der Waals surface area contributed by atoms with Crippen molar-refractivity contribution in [2.75, 3.05) is 13.1 Å². The van der Waals surface area contributed by atoms with E-state index in [1.165, 1.54) is 49.8 Å². The van der Waals surface area contributed by atoms with Crippen LogP contribution in [0.15, 0.2) is 33.9 Å². The van der Waals surface area contributed by atoms with Gasteiger partial charge in [-0.1, -0.05) is 44.2 Å². The second-order valence-corrected chi connectivity index (χ2v) is 9.53. The highest BCUT2D eigenvalue weighted by Gasteiger charge is 2.36. The number of allylic oxidation sites excluding steroid dienone is 1. The van der Waals surface area contributed by atoms with Crippen molar-refractivity contribution in [3.63, 3.8) is 0 Å². The van der Waals surface area contributed by atoms with E-state index < -0.39 is 0 Å². The van der Waals surface area contributed by atoms with Crippen molar-refractivity contribution in [1.82, 2.24) is 9.91 Å². The maximum absolute atomic E-state index is 6.38. The van der Waals surface area contributed by atoms with Crippen LogP contribution in [0.5, 0.6) is 0 Å². The topological polar surface area (TPSA) is 31.2 Å². The third kappa shape index (κ3) is 3.50. The fourth-order valence-corrected chi connectivity index (χ4v) is 5.87. The second kappa shape index (κ2) is 7.79. The Hall–Kier alpha value is -1.81. The summed E-state index contributed by atoms with van der Waals surface area (Å²) in [6, 6.07) is 6.09. The lowest BCUT2D eigenvalue weighted by atomic mass is 9.89. The fraction of sp³-hybridized carbons (Fsp3) is 0.583. The quantitative estimate of drug-likeness (QED) is 0.532. The van der Waals surface area contributed by atoms with Crippen LogP contribution in [-0.4, -0.2) is 34.7 Å². The Morgan fingerprint density at radius 3 is 2.79 bits per heavy atom. The lowest BCUT2D eigenvalue weighted by molar-refractivity contribution is 0.228. The molecule has 1 saturated heterocycles. The molecule has 0 N–H and O–H groups in total. The smallest absolute Gasteiger partial charge is 0.227 e. The molecule has 0 amide bonds. The normalized spacial score (nSPS) is 26.9. The van der Waals surface area contributed by atoms with E-state index in [2.05, 4.69) is 35.9 Å². The van der Waals surface area contributed by atoms with Gasteiger partial charge in [-0.3, -0.25) is 0 Å². The number of benzene rings is 1. The number of hydrazone groups is 1. The summed E-state index contributed by atoms with van der Waals surface area (Å²) >= 11 is 6.38. The highest BCUT2D eigenvalue weighted by molar-refractivity contribution is 6.31. The Morgan fingerprint density at radius 1 is 1.10 bits per heavy atom. The SMILES string of the molecule is CCC1=C2c3cc(Cl)ccc3N=C(N3CCCCC4CCCC4C3)N2N=C(C)C1. The Bertz CT molecular complexity index is 900. The van der Waals surface area contributed by atoms with E-state index in [1.807, 2.05) is 6.07 Å². The first-order valence-corrected chi connectivity index (χ1v) is 11.7. The molecular weight excluding hydrogens is 380 g/mol. The van der Waals surface area contributed by atoms with Gasteiger partial charge in [0.15, 0.2) is 0 Å². The monoisotopic (exact) mass is 410 g/mol. The van der Waals surface area contributed by atoms with Crippen molar-refractivity contribution in [2.45, 2.75) is 65.2 Å². The lowest BCUT2D eigenvalue weighted by Gasteiger charge is -2.41. The van der Waals surface area contributed by atoms with Gasteiger partial charge in [-0.25, -0.2) is 4.99 Å². The van der Waals surface area contributed by atoms with E-state index >= 15 is 0 Å². The molecule has 1 aliphatic carbocycles. The number of rotatable bonds is 1. The van der Waals surface area contributed by atoms with Crippen LogP contribution in [0.1, 0.15) is 70.8 Å². The van der Waals surface area contributed by atoms with Gasteiger partial charge in [0.25, 0.3) is 0 Å². The minimum Gasteiger partial charge on any atom is -0.340 e. The van der Waals surface area contributed by atoms with Crippen LogP contribution >= 0.6 is 11.6 Å². The first-order chi connectivity index (χ1) is 14.1. The standard InChI is InChI=1S/C24H31ClN4/c1-3-17-13-16(2)27-29-23(17)21-14-20(25)10-11-22(21)26-24(29)28-12-5-4-7-18-8-6-9-19(18)15-28/h10-11,14,18-19H,3-9,12-13,15H2,1-2H3. The van der Waals surface area contributed by atoms with E-state index in [-0.39, 0.29) is 0 Å². The van der Waals surface area contributed by atoms with Gasteiger partial charge in [0.05, 0.1) is 11.4 Å². The first kappa shape index (κ1) is 19.2. The van der Waals surface area contributed by atoms with Crippen LogP contribution in [0.3, 0.4) is 0 Å². The second-order valence-electron chi connectivity index (χ2n) is 9.10. The Morgan fingerprint density at radius 2 is 1.93 bits per heavy atom. The third-order valence-corrected chi connectivity index (χ3v) is 7.38. The number of hydrogen-bond donors (Lipinski definition) is 0. The van der Waals surface area contributed by atoms with Crippen LogP contribution in [-0.2, 0) is 0 Å². The largest absolute Gasteiger partial charge is 0.340 e. The van der Waals surface area contributed by atoms with Crippen molar-refractivity contribution in [2.24, 2.45) is 21.9 Å². The van der Waals surface area contributed by atoms with Gasteiger partial charge < -0.3 is 4.90 Å². The number of halogens is 1. The Balaban J connectivity index is 1.60. The number of likely N-dealkylation sites (tertiary alicyclic amines) is 1. The zero-order valence-electron chi connectivity index (χ0n) is 17.6. The molecule has 2 unspecified atom stereocenters. The van der Waals surface area contributed by atoms with Crippen LogP contribution in [0.4, 0.5) is 5.69 Å². The van der Waals surface area contributed by atoms with Crippen LogP contribution in [0, 0.1) is 11.8 Å². The van der Waals surface area contributed by atoms with Gasteiger partial charge >= 0.3 is 0 Å². The molecule has 4 aliphatic rings. The maximum Gasteiger partial charge on any atom is 0.227 e. The van der Waals surface area contributed by atoms with E-state index in [1.54, 1.807) is 0 Å². The molecule has 1 aromatic rings. The first-order valence-electron chi connectivity index (χ1n) is 11.3. The minimum absolute atomic E-state index is 0.761. The number of hydrogen-bond acceptors (Lipinski definition) is 4. The third-order valence-electron chi connectivity index (χ3n) is 7.14. The summed E-state index contributed by atoms with van der Waals surface area (Å²) in [6.07, 6.45) is 10.1. The molecule has 2 atom stereocenters. The lowest BCUT2D eigenvalue weighted by Crippen LogP contribution is -2.47. The van der Waals surface area contributed by atoms with Crippen LogP contribution < -0.4 is 0 Å². The maximum atomic E-state index is 6.38. The van der Waals surface area contributed by atoms with Gasteiger partial charge in [0.2, 0.25) is 5.96 Å². The van der Waals surface area contributed by atoms with Crippen molar-refractivity contribution < 1.29 is 0 Å². The molecule has 3 heterocycles. The molecule has 4 nitrogen and oxygen atoms in total. The average Bonchev–Trinajstić information content (AvgIpc) is 3.12. The molecule has 3 aliphatic heterocycles. The van der Waals surface area contributed by atoms with E-state index in [9.17, 15) is 0 Å². The molecule has 29 heavy (non-hydrogen) atoms. The summed E-state index contributed by atoms with van der Waals surface area (Å²) in [4.78, 5) is 7.69. The van der Waals surface area contributed by atoms with Crippen molar-refractivity contribution in [3.05, 3.63) is 34.4 Å². The van der Waals surface area contributed by atoms with Crippen molar-refractivity contribution >= 4 is 34.7 Å². The van der Waals surface area contributed by atoms with Gasteiger partial charge in [-0.2, -0.15) is 10.1 Å². The van der Waals surface area contributed by atoms with Crippen molar-refractivity contribution in [3.8, 4) is 0 Å². The highest BCUT2D eigenvalue weighted by Crippen LogP contribution is 2.43.